The highest BCUT2D eigenvalue weighted by Crippen LogP contribution is 2.71. The van der Waals surface area contributed by atoms with E-state index < -0.39 is 0 Å². The molecule has 5 aliphatic carbocycles. The van der Waals surface area contributed by atoms with Crippen LogP contribution in [0, 0.1) is 67.2 Å². The van der Waals surface area contributed by atoms with Crippen LogP contribution in [0.4, 0.5) is 0 Å². The maximum atomic E-state index is 12.9. The van der Waals surface area contributed by atoms with Crippen LogP contribution in [-0.2, 0) is 4.74 Å². The number of fused-ring (bicyclic) bond motifs is 5. The van der Waals surface area contributed by atoms with Crippen molar-refractivity contribution in [2.45, 2.75) is 112 Å². The lowest BCUT2D eigenvalue weighted by Gasteiger charge is -2.58. The Morgan fingerprint density at radius 2 is 1.57 bits per heavy atom. The van der Waals surface area contributed by atoms with Crippen LogP contribution in [-0.4, -0.2) is 12.1 Å². The van der Waals surface area contributed by atoms with Crippen LogP contribution in [0.25, 0.3) is 0 Å². The fourth-order valence-electron chi connectivity index (χ4n) is 11.1. The maximum Gasteiger partial charge on any atom is 0.338 e. The molecule has 0 spiro atoms. The van der Waals surface area contributed by atoms with E-state index in [9.17, 15) is 4.79 Å². The van der Waals surface area contributed by atoms with Gasteiger partial charge in [0.2, 0.25) is 0 Å². The zero-order valence-corrected chi connectivity index (χ0v) is 28.3. The monoisotopic (exact) mass is 656 g/mol. The van der Waals surface area contributed by atoms with Crippen molar-refractivity contribution < 1.29 is 9.53 Å². The maximum absolute atomic E-state index is 12.9. The van der Waals surface area contributed by atoms with Crippen molar-refractivity contribution in [2.75, 3.05) is 0 Å². The quantitative estimate of drug-likeness (QED) is 0.173. The number of carbonyl (C=O) groups excluding carboxylic acids is 1. The molecule has 11 atom stereocenters. The molecule has 0 heterocycles. The van der Waals surface area contributed by atoms with Gasteiger partial charge in [-0.3, -0.25) is 0 Å². The van der Waals surface area contributed by atoms with E-state index in [0.717, 1.165) is 57.8 Å². The topological polar surface area (TPSA) is 26.3 Å². The highest BCUT2D eigenvalue weighted by atomic mass is 127. The van der Waals surface area contributed by atoms with Gasteiger partial charge < -0.3 is 4.74 Å². The van der Waals surface area contributed by atoms with Crippen molar-refractivity contribution in [1.82, 2.24) is 0 Å². The largest absolute Gasteiger partial charge is 0.459 e. The molecule has 1 aromatic carbocycles. The number of hydrogen-bond donors (Lipinski definition) is 0. The molecule has 0 bridgehead atoms. The molecule has 4 saturated carbocycles. The van der Waals surface area contributed by atoms with E-state index in [-0.39, 0.29) is 12.1 Å². The lowest BCUT2D eigenvalue weighted by Crippen LogP contribution is -2.50. The molecule has 5 aliphatic rings. The van der Waals surface area contributed by atoms with Gasteiger partial charge in [-0.2, -0.15) is 0 Å². The second-order valence-electron chi connectivity index (χ2n) is 16.0. The molecule has 3 heteroatoms. The van der Waals surface area contributed by atoms with E-state index in [1.165, 1.54) is 44.9 Å². The van der Waals surface area contributed by atoms with Gasteiger partial charge in [0.1, 0.15) is 6.10 Å². The van der Waals surface area contributed by atoms with Crippen LogP contribution in [0.5, 0.6) is 0 Å². The van der Waals surface area contributed by atoms with E-state index in [0.29, 0.717) is 27.7 Å². The molecular formula is C37H53IO2. The van der Waals surface area contributed by atoms with Gasteiger partial charge in [-0.1, -0.05) is 60.1 Å². The summed E-state index contributed by atoms with van der Waals surface area (Å²) < 4.78 is 7.23. The van der Waals surface area contributed by atoms with Gasteiger partial charge >= 0.3 is 5.97 Å². The van der Waals surface area contributed by atoms with Crippen LogP contribution in [0.15, 0.2) is 35.9 Å². The number of hydrogen-bond acceptors (Lipinski definition) is 2. The summed E-state index contributed by atoms with van der Waals surface area (Å²) in [5.41, 5.74) is 3.94. The van der Waals surface area contributed by atoms with Gasteiger partial charge in [-0.05, 0) is 168 Å². The Labute approximate surface area is 258 Å². The molecule has 0 N–H and O–H groups in total. The van der Waals surface area contributed by atoms with Gasteiger partial charge in [0.25, 0.3) is 0 Å². The second-order valence-corrected chi connectivity index (χ2v) is 17.2. The van der Waals surface area contributed by atoms with Crippen molar-refractivity contribution in [1.29, 1.82) is 0 Å². The van der Waals surface area contributed by atoms with Crippen molar-refractivity contribution in [2.24, 2.45) is 63.6 Å². The van der Waals surface area contributed by atoms with Crippen LogP contribution >= 0.6 is 22.6 Å². The highest BCUT2D eigenvalue weighted by molar-refractivity contribution is 14.1. The summed E-state index contributed by atoms with van der Waals surface area (Å²) in [5.74, 6) is 6.27. The minimum absolute atomic E-state index is 0.0615. The molecule has 1 unspecified atom stereocenters. The molecule has 6 rings (SSSR count). The SMILES string of the molecule is CC(C)C(C)[C@@]1(C)C[C@@H]1[C@H](C)[C@H]1CC[C@H]2C3=CC[C@H]4C[C@@H](OC(=O)c5ccc(I)cc5)CC[C@]4(C)[C@H]3CC[C@@]12C. The molecule has 2 nitrogen and oxygen atoms in total. The summed E-state index contributed by atoms with van der Waals surface area (Å²) in [5, 5.41) is 0. The number of ether oxygens (including phenoxy) is 1. The Kier molecular flexibility index (Phi) is 7.61. The number of esters is 1. The van der Waals surface area contributed by atoms with Gasteiger partial charge in [0.15, 0.2) is 0 Å². The Morgan fingerprint density at radius 3 is 2.27 bits per heavy atom. The van der Waals surface area contributed by atoms with Crippen molar-refractivity contribution in [3.63, 3.8) is 0 Å². The standard InChI is InChI=1S/C37H53IO2/c1-22(2)24(4)37(7)21-33(37)23(3)30-14-15-31-29-13-10-26-20-28(40-34(39)25-8-11-27(38)12-9-25)16-18-35(26,5)32(29)17-19-36(30,31)6/h8-9,11-13,22-24,26,28,30-33H,10,14-21H2,1-7H3/t23-,24?,26+,28+,30-,31+,32+,33-,35+,36+,37-/m1/s1. The molecular weight excluding hydrogens is 603 g/mol. The minimum Gasteiger partial charge on any atom is -0.459 e. The summed E-state index contributed by atoms with van der Waals surface area (Å²) >= 11 is 2.28. The molecule has 1 aromatic rings. The average Bonchev–Trinajstić information content (AvgIpc) is 3.49. The first-order valence-corrected chi connectivity index (χ1v) is 17.6. The summed E-state index contributed by atoms with van der Waals surface area (Å²) in [6.07, 6.45) is 14.3. The normalized spacial score (nSPS) is 43.7. The lowest BCUT2D eigenvalue weighted by atomic mass is 9.47. The first kappa shape index (κ1) is 29.2. The lowest BCUT2D eigenvalue weighted by molar-refractivity contribution is -0.0529. The van der Waals surface area contributed by atoms with Crippen LogP contribution < -0.4 is 0 Å². The predicted octanol–water partition coefficient (Wildman–Crippen LogP) is 10.3. The fraction of sp³-hybridized carbons (Fsp3) is 0.757. The molecule has 220 valence electrons. The second kappa shape index (κ2) is 10.4. The Bertz CT molecular complexity index is 1150. The Morgan fingerprint density at radius 1 is 0.900 bits per heavy atom. The smallest absolute Gasteiger partial charge is 0.338 e. The zero-order valence-electron chi connectivity index (χ0n) is 26.1. The first-order chi connectivity index (χ1) is 18.9. The third-order valence-electron chi connectivity index (χ3n) is 14.1. The number of halogens is 1. The molecule has 0 saturated heterocycles. The van der Waals surface area contributed by atoms with E-state index in [1.807, 2.05) is 29.8 Å². The van der Waals surface area contributed by atoms with Crippen molar-refractivity contribution in [3.8, 4) is 0 Å². The third kappa shape index (κ3) is 4.66. The van der Waals surface area contributed by atoms with E-state index in [1.54, 1.807) is 0 Å². The number of rotatable bonds is 6. The molecule has 4 fully saturated rings. The molecule has 0 aromatic heterocycles. The molecule has 0 amide bonds. The zero-order chi connectivity index (χ0) is 28.6. The minimum atomic E-state index is -0.147. The number of carbonyl (C=O) groups is 1. The van der Waals surface area contributed by atoms with E-state index >= 15 is 0 Å². The summed E-state index contributed by atoms with van der Waals surface area (Å²) in [6.45, 7) is 17.9. The van der Waals surface area contributed by atoms with Gasteiger partial charge in [0, 0.05) is 3.57 Å². The molecule has 0 aliphatic heterocycles. The summed E-state index contributed by atoms with van der Waals surface area (Å²) in [7, 11) is 0. The molecule has 40 heavy (non-hydrogen) atoms. The number of benzene rings is 1. The van der Waals surface area contributed by atoms with E-state index in [2.05, 4.69) is 77.1 Å². The first-order valence-electron chi connectivity index (χ1n) is 16.5. The summed E-state index contributed by atoms with van der Waals surface area (Å²) in [4.78, 5) is 12.9. The van der Waals surface area contributed by atoms with Crippen molar-refractivity contribution in [3.05, 3.63) is 45.0 Å². The van der Waals surface area contributed by atoms with Crippen LogP contribution in [0.1, 0.15) is 117 Å². The third-order valence-corrected chi connectivity index (χ3v) is 14.8. The van der Waals surface area contributed by atoms with Crippen LogP contribution in [0.2, 0.25) is 0 Å². The van der Waals surface area contributed by atoms with Gasteiger partial charge in [0.05, 0.1) is 5.56 Å². The Hall–Kier alpha value is -0.840. The van der Waals surface area contributed by atoms with E-state index in [4.69, 9.17) is 4.74 Å². The highest BCUT2D eigenvalue weighted by Gasteiger charge is 2.63. The number of allylic oxidation sites excluding steroid dienone is 2. The predicted molar refractivity (Wildman–Crippen MR) is 173 cm³/mol. The Balaban J connectivity index is 1.14. The molecule has 0 radical (unpaired) electrons. The van der Waals surface area contributed by atoms with Crippen LogP contribution in [0.3, 0.4) is 0 Å². The van der Waals surface area contributed by atoms with Crippen molar-refractivity contribution >= 4 is 28.6 Å². The fourth-order valence-corrected chi connectivity index (χ4v) is 11.4. The summed E-state index contributed by atoms with van der Waals surface area (Å²) in [6, 6.07) is 7.78. The van der Waals surface area contributed by atoms with Gasteiger partial charge in [-0.25, -0.2) is 4.79 Å². The van der Waals surface area contributed by atoms with Gasteiger partial charge in [-0.15, -0.1) is 0 Å². The average molecular weight is 657 g/mol.